The number of unbranched alkanes of at least 4 members (excludes halogenated alkanes) is 1. The lowest BCUT2D eigenvalue weighted by Crippen LogP contribution is -2.39. The van der Waals surface area contributed by atoms with E-state index in [2.05, 4.69) is 23.0 Å². The molecule has 10 heteroatoms. The van der Waals surface area contributed by atoms with Crippen LogP contribution in [0.1, 0.15) is 37.3 Å². The number of nitrogen functional groups attached to an aromatic ring is 1. The molecule has 0 spiro atoms. The molecule has 0 aliphatic carbocycles. The van der Waals surface area contributed by atoms with Crippen LogP contribution in [0.25, 0.3) is 0 Å². The Kier molecular flexibility index (Phi) is 9.83. The molecule has 1 unspecified atom stereocenters. The Morgan fingerprint density at radius 3 is 2.65 bits per heavy atom. The lowest BCUT2D eigenvalue weighted by atomic mass is 10.1. The zero-order valence-electron chi connectivity index (χ0n) is 19.2. The van der Waals surface area contributed by atoms with Gasteiger partial charge in [0.1, 0.15) is 6.61 Å². The predicted molar refractivity (Wildman–Crippen MR) is 136 cm³/mol. The van der Waals surface area contributed by atoms with Crippen molar-refractivity contribution in [1.29, 1.82) is 0 Å². The highest BCUT2D eigenvalue weighted by Crippen LogP contribution is 2.22. The number of nitrogens with two attached hydrogens (primary N) is 1. The van der Waals surface area contributed by atoms with E-state index in [0.29, 0.717) is 28.7 Å². The Labute approximate surface area is 210 Å². The molecule has 5 N–H and O–H groups in total. The van der Waals surface area contributed by atoms with Crippen LogP contribution >= 0.6 is 23.2 Å². The summed E-state index contributed by atoms with van der Waals surface area (Å²) in [6.07, 6.45) is 3.24. The summed E-state index contributed by atoms with van der Waals surface area (Å²) in [6.45, 7) is 3.73. The molecular formula is C24H31Cl2N5O3. The average molecular weight is 508 g/mol. The van der Waals surface area contributed by atoms with Crippen LogP contribution in [-0.4, -0.2) is 42.6 Å². The zero-order valence-corrected chi connectivity index (χ0v) is 20.7. The van der Waals surface area contributed by atoms with Crippen molar-refractivity contribution in [3.05, 3.63) is 57.6 Å². The summed E-state index contributed by atoms with van der Waals surface area (Å²) in [4.78, 5) is 26.7. The summed E-state index contributed by atoms with van der Waals surface area (Å²) in [5, 5.41) is 6.78. The van der Waals surface area contributed by atoms with Crippen LogP contribution in [0.2, 0.25) is 10.0 Å². The number of carbonyl (C=O) groups excluding carboxylic acids is 2. The van der Waals surface area contributed by atoms with Crippen molar-refractivity contribution in [2.75, 3.05) is 30.4 Å². The maximum atomic E-state index is 12.6. The minimum atomic E-state index is -0.513. The molecule has 1 heterocycles. The fourth-order valence-electron chi connectivity index (χ4n) is 3.94. The third kappa shape index (κ3) is 8.06. The number of likely N-dealkylation sites (tertiary alicyclic amines) is 1. The zero-order chi connectivity index (χ0) is 24.5. The van der Waals surface area contributed by atoms with E-state index in [1.54, 1.807) is 18.2 Å². The fourth-order valence-corrected chi connectivity index (χ4v) is 4.51. The fraction of sp³-hybridized carbons (Fsp3) is 0.417. The molecule has 34 heavy (non-hydrogen) atoms. The van der Waals surface area contributed by atoms with E-state index in [0.717, 1.165) is 42.6 Å². The number of halogens is 2. The highest BCUT2D eigenvalue weighted by atomic mass is 35.5. The first-order valence-corrected chi connectivity index (χ1v) is 12.1. The van der Waals surface area contributed by atoms with Crippen molar-refractivity contribution in [1.82, 2.24) is 10.2 Å². The molecule has 0 aromatic heterocycles. The van der Waals surface area contributed by atoms with Gasteiger partial charge < -0.3 is 20.8 Å². The summed E-state index contributed by atoms with van der Waals surface area (Å²) in [7, 11) is 0. The standard InChI is InChI=1S/C24H31Cl2N5O3/c1-2-3-4-17-11-20(5-6-22(17)30-27)28-23(32)14-31-8-7-21(13-31)29-24(33)34-15-16-9-18(25)12-19(26)10-16/h5-6,9-12,21,30H,2-4,7-8,13-15,27H2,1H3,(H,28,32)(H,29,33). The molecule has 0 bridgehead atoms. The number of nitrogens with one attached hydrogen (secondary N) is 3. The van der Waals surface area contributed by atoms with Gasteiger partial charge in [-0.1, -0.05) is 36.5 Å². The van der Waals surface area contributed by atoms with E-state index in [1.807, 2.05) is 23.1 Å². The van der Waals surface area contributed by atoms with Crippen LogP contribution in [0.15, 0.2) is 36.4 Å². The number of amides is 2. The number of alkyl carbamates (subject to hydrolysis) is 1. The van der Waals surface area contributed by atoms with Crippen molar-refractivity contribution in [3.63, 3.8) is 0 Å². The van der Waals surface area contributed by atoms with Gasteiger partial charge in [0.15, 0.2) is 0 Å². The van der Waals surface area contributed by atoms with Gasteiger partial charge in [-0.2, -0.15) is 0 Å². The molecule has 1 aliphatic heterocycles. The lowest BCUT2D eigenvalue weighted by Gasteiger charge is -2.17. The first-order chi connectivity index (χ1) is 16.4. The van der Waals surface area contributed by atoms with Gasteiger partial charge in [0.05, 0.1) is 12.2 Å². The second kappa shape index (κ2) is 12.8. The number of ether oxygens (including phenoxy) is 1. The molecule has 8 nitrogen and oxygen atoms in total. The Balaban J connectivity index is 1.43. The number of aryl methyl sites for hydroxylation is 1. The molecule has 2 amide bonds. The average Bonchev–Trinajstić information content (AvgIpc) is 3.22. The van der Waals surface area contributed by atoms with Gasteiger partial charge in [0, 0.05) is 34.9 Å². The van der Waals surface area contributed by atoms with E-state index < -0.39 is 6.09 Å². The summed E-state index contributed by atoms with van der Waals surface area (Å²) in [5.41, 5.74) is 6.11. The summed E-state index contributed by atoms with van der Waals surface area (Å²) >= 11 is 11.9. The first kappa shape index (κ1) is 26.1. The van der Waals surface area contributed by atoms with Gasteiger partial charge in [0.2, 0.25) is 5.91 Å². The number of hydrogen-bond donors (Lipinski definition) is 4. The van der Waals surface area contributed by atoms with Gasteiger partial charge >= 0.3 is 6.09 Å². The maximum absolute atomic E-state index is 12.6. The first-order valence-electron chi connectivity index (χ1n) is 11.4. The third-order valence-electron chi connectivity index (χ3n) is 5.60. The summed E-state index contributed by atoms with van der Waals surface area (Å²) < 4.78 is 5.27. The molecule has 2 aromatic carbocycles. The second-order valence-electron chi connectivity index (χ2n) is 8.39. The maximum Gasteiger partial charge on any atom is 0.407 e. The highest BCUT2D eigenvalue weighted by molar-refractivity contribution is 6.34. The Bertz CT molecular complexity index is 984. The number of carbonyl (C=O) groups is 2. The normalized spacial score (nSPS) is 15.7. The molecule has 1 fully saturated rings. The lowest BCUT2D eigenvalue weighted by molar-refractivity contribution is -0.117. The van der Waals surface area contributed by atoms with Crippen LogP contribution in [0, 0.1) is 0 Å². The number of benzene rings is 2. The van der Waals surface area contributed by atoms with Crippen LogP contribution in [0.4, 0.5) is 16.2 Å². The van der Waals surface area contributed by atoms with Gasteiger partial charge in [0.25, 0.3) is 0 Å². The van der Waals surface area contributed by atoms with Crippen LogP contribution in [0.3, 0.4) is 0 Å². The van der Waals surface area contributed by atoms with E-state index in [-0.39, 0.29) is 25.1 Å². The SMILES string of the molecule is CCCCc1cc(NC(=O)CN2CCC(NC(=O)OCc3cc(Cl)cc(Cl)c3)C2)ccc1NN. The van der Waals surface area contributed by atoms with Crippen molar-refractivity contribution in [3.8, 4) is 0 Å². The number of rotatable bonds is 10. The van der Waals surface area contributed by atoms with Gasteiger partial charge in [-0.15, -0.1) is 0 Å². The van der Waals surface area contributed by atoms with Gasteiger partial charge in [-0.05, 0) is 66.8 Å². The van der Waals surface area contributed by atoms with Crippen molar-refractivity contribution < 1.29 is 14.3 Å². The molecule has 0 radical (unpaired) electrons. The molecule has 184 valence electrons. The van der Waals surface area contributed by atoms with E-state index in [1.165, 1.54) is 0 Å². The topological polar surface area (TPSA) is 109 Å². The van der Waals surface area contributed by atoms with Crippen LogP contribution < -0.4 is 21.9 Å². The minimum Gasteiger partial charge on any atom is -0.445 e. The molecular weight excluding hydrogens is 477 g/mol. The molecule has 1 aliphatic rings. The Hall–Kier alpha value is -2.52. The molecule has 1 saturated heterocycles. The van der Waals surface area contributed by atoms with Crippen LogP contribution in [-0.2, 0) is 22.6 Å². The summed E-state index contributed by atoms with van der Waals surface area (Å²) in [5.74, 6) is 5.50. The number of nitrogens with zero attached hydrogens (tertiary/aromatic N) is 1. The summed E-state index contributed by atoms with van der Waals surface area (Å²) in [6, 6.07) is 10.6. The predicted octanol–water partition coefficient (Wildman–Crippen LogP) is 4.56. The van der Waals surface area contributed by atoms with E-state index >= 15 is 0 Å². The molecule has 3 rings (SSSR count). The van der Waals surface area contributed by atoms with E-state index in [9.17, 15) is 9.59 Å². The van der Waals surface area contributed by atoms with Gasteiger partial charge in [-0.25, -0.2) is 4.79 Å². The quantitative estimate of drug-likeness (QED) is 0.277. The van der Waals surface area contributed by atoms with E-state index in [4.69, 9.17) is 33.8 Å². The number of hydrazine groups is 1. The Morgan fingerprint density at radius 1 is 1.18 bits per heavy atom. The minimum absolute atomic E-state index is 0.0731. The van der Waals surface area contributed by atoms with Crippen molar-refractivity contribution >= 4 is 46.6 Å². The second-order valence-corrected chi connectivity index (χ2v) is 9.26. The molecule has 0 saturated carbocycles. The largest absolute Gasteiger partial charge is 0.445 e. The van der Waals surface area contributed by atoms with Crippen molar-refractivity contribution in [2.45, 2.75) is 45.3 Å². The third-order valence-corrected chi connectivity index (χ3v) is 6.03. The van der Waals surface area contributed by atoms with Crippen LogP contribution in [0.5, 0.6) is 0 Å². The monoisotopic (exact) mass is 507 g/mol. The molecule has 2 aromatic rings. The number of anilines is 2. The Morgan fingerprint density at radius 2 is 1.94 bits per heavy atom. The highest BCUT2D eigenvalue weighted by Gasteiger charge is 2.25. The van der Waals surface area contributed by atoms with Gasteiger partial charge in [-0.3, -0.25) is 15.5 Å². The number of hydrogen-bond acceptors (Lipinski definition) is 6. The molecule has 1 atom stereocenters. The smallest absolute Gasteiger partial charge is 0.407 e. The van der Waals surface area contributed by atoms with Crippen molar-refractivity contribution in [2.24, 2.45) is 5.84 Å².